The van der Waals surface area contributed by atoms with Crippen LogP contribution in [0.3, 0.4) is 0 Å². The van der Waals surface area contributed by atoms with Gasteiger partial charge in [0.15, 0.2) is 0 Å². The summed E-state index contributed by atoms with van der Waals surface area (Å²) in [6, 6.07) is 7.09. The fraction of sp³-hybridized carbons (Fsp3) is 0.467. The summed E-state index contributed by atoms with van der Waals surface area (Å²) in [5.74, 6) is -0.139. The van der Waals surface area contributed by atoms with Crippen LogP contribution in [0.5, 0.6) is 0 Å². The Hall–Kier alpha value is -2.08. The molecule has 6 heteroatoms. The van der Waals surface area contributed by atoms with E-state index in [0.29, 0.717) is 31.0 Å². The molecule has 0 aliphatic carbocycles. The van der Waals surface area contributed by atoms with Crippen LogP contribution in [-0.2, 0) is 9.47 Å². The van der Waals surface area contributed by atoms with Gasteiger partial charge in [-0.1, -0.05) is 6.07 Å². The van der Waals surface area contributed by atoms with Gasteiger partial charge in [-0.15, -0.1) is 0 Å². The van der Waals surface area contributed by atoms with E-state index in [0.717, 1.165) is 19.4 Å². The maximum absolute atomic E-state index is 12.3. The van der Waals surface area contributed by atoms with Crippen LogP contribution in [-0.4, -0.2) is 44.4 Å². The summed E-state index contributed by atoms with van der Waals surface area (Å²) in [5, 5.41) is 2.97. The Morgan fingerprint density at radius 1 is 1.33 bits per heavy atom. The number of nitrogens with zero attached hydrogens (tertiary/aromatic N) is 1. The van der Waals surface area contributed by atoms with Crippen molar-refractivity contribution < 1.29 is 19.1 Å². The molecular formula is C15H18N2O4. The fourth-order valence-electron chi connectivity index (χ4n) is 2.57. The summed E-state index contributed by atoms with van der Waals surface area (Å²) >= 11 is 0. The standard InChI is InChI=1S/C15H18N2O4/c18-14(16-12-4-2-7-20-10-12)11-3-1-5-13(9-11)17-6-8-21-15(17)19/h1,3,5,9,12H,2,4,6-8,10H2,(H,16,18)/t12-/m0/s1. The third-order valence-corrected chi connectivity index (χ3v) is 3.68. The van der Waals surface area contributed by atoms with E-state index in [9.17, 15) is 9.59 Å². The van der Waals surface area contributed by atoms with Crippen LogP contribution in [0.15, 0.2) is 24.3 Å². The maximum atomic E-state index is 12.3. The summed E-state index contributed by atoms with van der Waals surface area (Å²) in [5.41, 5.74) is 1.22. The molecule has 2 heterocycles. The smallest absolute Gasteiger partial charge is 0.414 e. The normalized spacial score (nSPS) is 22.0. The van der Waals surface area contributed by atoms with Gasteiger partial charge in [0.25, 0.3) is 5.91 Å². The second-order valence-electron chi connectivity index (χ2n) is 5.20. The lowest BCUT2D eigenvalue weighted by Gasteiger charge is -2.23. The Bertz CT molecular complexity index is 540. The quantitative estimate of drug-likeness (QED) is 0.917. The Morgan fingerprint density at radius 3 is 2.95 bits per heavy atom. The van der Waals surface area contributed by atoms with E-state index in [1.54, 1.807) is 24.3 Å². The van der Waals surface area contributed by atoms with Gasteiger partial charge in [-0.05, 0) is 31.0 Å². The Kier molecular flexibility index (Phi) is 4.06. The van der Waals surface area contributed by atoms with Crippen molar-refractivity contribution in [2.45, 2.75) is 18.9 Å². The zero-order valence-corrected chi connectivity index (χ0v) is 11.7. The molecule has 2 amide bonds. The SMILES string of the molecule is O=C(N[C@H]1CCCOC1)c1cccc(N2CCOC2=O)c1. The first-order valence-electron chi connectivity index (χ1n) is 7.17. The van der Waals surface area contributed by atoms with E-state index >= 15 is 0 Å². The fourth-order valence-corrected chi connectivity index (χ4v) is 2.57. The molecule has 1 aromatic rings. The van der Waals surface area contributed by atoms with E-state index in [2.05, 4.69) is 5.32 Å². The summed E-state index contributed by atoms with van der Waals surface area (Å²) < 4.78 is 10.3. The Morgan fingerprint density at radius 2 is 2.24 bits per heavy atom. The van der Waals surface area contributed by atoms with Crippen molar-refractivity contribution in [1.82, 2.24) is 5.32 Å². The van der Waals surface area contributed by atoms with Crippen molar-refractivity contribution in [3.63, 3.8) is 0 Å². The number of carbonyl (C=O) groups excluding carboxylic acids is 2. The number of carbonyl (C=O) groups is 2. The molecule has 2 saturated heterocycles. The molecule has 3 rings (SSSR count). The highest BCUT2D eigenvalue weighted by molar-refractivity contribution is 5.97. The molecule has 0 saturated carbocycles. The van der Waals surface area contributed by atoms with Gasteiger partial charge in [0.2, 0.25) is 0 Å². The largest absolute Gasteiger partial charge is 0.447 e. The van der Waals surface area contributed by atoms with Gasteiger partial charge in [-0.2, -0.15) is 0 Å². The number of amides is 2. The highest BCUT2D eigenvalue weighted by atomic mass is 16.6. The molecule has 2 aliphatic rings. The molecule has 0 unspecified atom stereocenters. The number of rotatable bonds is 3. The van der Waals surface area contributed by atoms with Gasteiger partial charge >= 0.3 is 6.09 Å². The zero-order chi connectivity index (χ0) is 14.7. The molecule has 0 radical (unpaired) electrons. The van der Waals surface area contributed by atoms with Gasteiger partial charge in [-0.25, -0.2) is 4.79 Å². The third kappa shape index (κ3) is 3.16. The van der Waals surface area contributed by atoms with Crippen molar-refractivity contribution in [3.05, 3.63) is 29.8 Å². The number of cyclic esters (lactones) is 1. The summed E-state index contributed by atoms with van der Waals surface area (Å²) in [6.45, 7) is 2.22. The molecule has 6 nitrogen and oxygen atoms in total. The highest BCUT2D eigenvalue weighted by Gasteiger charge is 2.24. The number of anilines is 1. The van der Waals surface area contributed by atoms with Gasteiger partial charge < -0.3 is 14.8 Å². The average molecular weight is 290 g/mol. The first kappa shape index (κ1) is 13.9. The number of hydrogen-bond donors (Lipinski definition) is 1. The van der Waals surface area contributed by atoms with Crippen LogP contribution < -0.4 is 10.2 Å². The lowest BCUT2D eigenvalue weighted by Crippen LogP contribution is -2.40. The second kappa shape index (κ2) is 6.13. The Balaban J connectivity index is 1.69. The maximum Gasteiger partial charge on any atom is 0.414 e. The van der Waals surface area contributed by atoms with Crippen LogP contribution in [0, 0.1) is 0 Å². The predicted molar refractivity (Wildman–Crippen MR) is 76.4 cm³/mol. The van der Waals surface area contributed by atoms with Crippen LogP contribution in [0.4, 0.5) is 10.5 Å². The van der Waals surface area contributed by atoms with Crippen LogP contribution in [0.2, 0.25) is 0 Å². The van der Waals surface area contributed by atoms with Crippen LogP contribution >= 0.6 is 0 Å². The number of nitrogens with one attached hydrogen (secondary N) is 1. The first-order valence-corrected chi connectivity index (χ1v) is 7.17. The first-order chi connectivity index (χ1) is 10.2. The zero-order valence-electron chi connectivity index (χ0n) is 11.7. The van der Waals surface area contributed by atoms with E-state index in [-0.39, 0.29) is 18.0 Å². The van der Waals surface area contributed by atoms with Crippen molar-refractivity contribution in [1.29, 1.82) is 0 Å². The number of ether oxygens (including phenoxy) is 2. The van der Waals surface area contributed by atoms with E-state index < -0.39 is 0 Å². The minimum absolute atomic E-state index is 0.0617. The molecule has 0 bridgehead atoms. The summed E-state index contributed by atoms with van der Waals surface area (Å²) in [6.07, 6.45) is 1.53. The van der Waals surface area contributed by atoms with Gasteiger partial charge in [0.1, 0.15) is 6.61 Å². The molecule has 1 N–H and O–H groups in total. The Labute approximate surface area is 123 Å². The average Bonchev–Trinajstić information content (AvgIpc) is 2.94. The van der Waals surface area contributed by atoms with Crippen molar-refractivity contribution in [3.8, 4) is 0 Å². The van der Waals surface area contributed by atoms with Gasteiger partial charge in [0.05, 0.1) is 19.2 Å². The topological polar surface area (TPSA) is 67.9 Å². The molecule has 2 fully saturated rings. The summed E-state index contributed by atoms with van der Waals surface area (Å²) in [4.78, 5) is 25.3. The second-order valence-corrected chi connectivity index (χ2v) is 5.20. The van der Waals surface area contributed by atoms with Crippen molar-refractivity contribution in [2.24, 2.45) is 0 Å². The molecular weight excluding hydrogens is 272 g/mol. The molecule has 1 atom stereocenters. The third-order valence-electron chi connectivity index (χ3n) is 3.68. The van der Waals surface area contributed by atoms with Gasteiger partial charge in [0, 0.05) is 17.9 Å². The van der Waals surface area contributed by atoms with E-state index in [1.807, 2.05) is 0 Å². The molecule has 1 aromatic carbocycles. The van der Waals surface area contributed by atoms with E-state index in [4.69, 9.17) is 9.47 Å². The monoisotopic (exact) mass is 290 g/mol. The highest BCUT2D eigenvalue weighted by Crippen LogP contribution is 2.20. The molecule has 112 valence electrons. The van der Waals surface area contributed by atoms with Gasteiger partial charge in [-0.3, -0.25) is 9.69 Å². The number of benzene rings is 1. The van der Waals surface area contributed by atoms with Crippen LogP contribution in [0.25, 0.3) is 0 Å². The molecule has 0 aromatic heterocycles. The summed E-state index contributed by atoms with van der Waals surface area (Å²) in [7, 11) is 0. The predicted octanol–water partition coefficient (Wildman–Crippen LogP) is 1.55. The molecule has 0 spiro atoms. The minimum atomic E-state index is -0.367. The number of hydrogen-bond acceptors (Lipinski definition) is 4. The minimum Gasteiger partial charge on any atom is -0.447 e. The van der Waals surface area contributed by atoms with Crippen molar-refractivity contribution >= 4 is 17.7 Å². The van der Waals surface area contributed by atoms with E-state index in [1.165, 1.54) is 4.90 Å². The van der Waals surface area contributed by atoms with Crippen molar-refractivity contribution in [2.75, 3.05) is 31.3 Å². The lowest BCUT2D eigenvalue weighted by atomic mass is 10.1. The lowest BCUT2D eigenvalue weighted by molar-refractivity contribution is 0.0624. The van der Waals surface area contributed by atoms with Crippen LogP contribution in [0.1, 0.15) is 23.2 Å². The molecule has 21 heavy (non-hydrogen) atoms. The molecule has 2 aliphatic heterocycles.